The molecule has 4 nitrogen and oxygen atoms in total. The molecule has 1 aliphatic carbocycles. The lowest BCUT2D eigenvalue weighted by Gasteiger charge is -2.24. The number of nitrogens with one attached hydrogen (secondary N) is 1. The molecule has 0 spiro atoms. The van der Waals surface area contributed by atoms with Crippen LogP contribution in [0.1, 0.15) is 18.4 Å². The Morgan fingerprint density at radius 3 is 2.57 bits per heavy atom. The van der Waals surface area contributed by atoms with Crippen LogP contribution in [-0.4, -0.2) is 24.1 Å². The number of hydrogen-bond donors (Lipinski definition) is 1. The van der Waals surface area contributed by atoms with Gasteiger partial charge in [-0.25, -0.2) is 9.18 Å². The van der Waals surface area contributed by atoms with Gasteiger partial charge in [-0.15, -0.1) is 0 Å². The predicted molar refractivity (Wildman–Crippen MR) is 87.0 cm³/mol. The fourth-order valence-electron chi connectivity index (χ4n) is 2.50. The number of halogens is 1. The predicted octanol–water partition coefficient (Wildman–Crippen LogP) is 4.03. The van der Waals surface area contributed by atoms with Gasteiger partial charge in [-0.05, 0) is 43.2 Å². The number of hydrogen-bond acceptors (Lipinski definition) is 2. The van der Waals surface area contributed by atoms with Gasteiger partial charge in [0.15, 0.2) is 0 Å². The SMILES string of the molecule is COc1ccccc1CN(C(=O)Nc1ccc(F)cc1)C1CC1. The monoisotopic (exact) mass is 314 g/mol. The number of amides is 2. The number of benzene rings is 2. The number of carbonyl (C=O) groups excluding carboxylic acids is 1. The van der Waals surface area contributed by atoms with Gasteiger partial charge >= 0.3 is 6.03 Å². The molecule has 0 saturated heterocycles. The first-order chi connectivity index (χ1) is 11.2. The molecule has 0 aromatic heterocycles. The first-order valence-corrected chi connectivity index (χ1v) is 7.62. The van der Waals surface area contributed by atoms with E-state index >= 15 is 0 Å². The topological polar surface area (TPSA) is 41.6 Å². The second kappa shape index (κ2) is 6.69. The van der Waals surface area contributed by atoms with E-state index in [9.17, 15) is 9.18 Å². The molecule has 1 N–H and O–H groups in total. The second-order valence-corrected chi connectivity index (χ2v) is 5.61. The highest BCUT2D eigenvalue weighted by Gasteiger charge is 2.33. The third-order valence-electron chi connectivity index (χ3n) is 3.88. The van der Waals surface area contributed by atoms with Crippen LogP contribution in [0.15, 0.2) is 48.5 Å². The highest BCUT2D eigenvalue weighted by atomic mass is 19.1. The zero-order chi connectivity index (χ0) is 16.2. The molecule has 0 bridgehead atoms. The van der Waals surface area contributed by atoms with Crippen molar-refractivity contribution in [1.82, 2.24) is 4.90 Å². The number of carbonyl (C=O) groups is 1. The van der Waals surface area contributed by atoms with E-state index in [4.69, 9.17) is 4.74 Å². The van der Waals surface area contributed by atoms with E-state index in [1.54, 1.807) is 24.1 Å². The third-order valence-corrected chi connectivity index (χ3v) is 3.88. The summed E-state index contributed by atoms with van der Waals surface area (Å²) in [7, 11) is 1.62. The standard InChI is InChI=1S/C18H19FN2O2/c1-23-17-5-3-2-4-13(17)12-21(16-10-11-16)18(22)20-15-8-6-14(19)7-9-15/h2-9,16H,10-12H2,1H3,(H,20,22). The molecule has 0 unspecified atom stereocenters. The third kappa shape index (κ3) is 3.80. The molecule has 0 atom stereocenters. The first-order valence-electron chi connectivity index (χ1n) is 7.62. The molecule has 2 aromatic rings. The minimum Gasteiger partial charge on any atom is -0.496 e. The van der Waals surface area contributed by atoms with Gasteiger partial charge in [-0.2, -0.15) is 0 Å². The molecular formula is C18H19FN2O2. The van der Waals surface area contributed by atoms with Crippen LogP contribution in [0.4, 0.5) is 14.9 Å². The van der Waals surface area contributed by atoms with Crippen molar-refractivity contribution < 1.29 is 13.9 Å². The second-order valence-electron chi connectivity index (χ2n) is 5.61. The maximum Gasteiger partial charge on any atom is 0.322 e. The lowest BCUT2D eigenvalue weighted by molar-refractivity contribution is 0.205. The molecule has 2 aromatic carbocycles. The van der Waals surface area contributed by atoms with E-state index < -0.39 is 0 Å². The average molecular weight is 314 g/mol. The Morgan fingerprint density at radius 1 is 1.22 bits per heavy atom. The summed E-state index contributed by atoms with van der Waals surface area (Å²) in [6, 6.07) is 13.5. The Morgan fingerprint density at radius 2 is 1.91 bits per heavy atom. The lowest BCUT2D eigenvalue weighted by atomic mass is 10.2. The van der Waals surface area contributed by atoms with E-state index in [0.29, 0.717) is 12.2 Å². The van der Waals surface area contributed by atoms with Crippen molar-refractivity contribution in [2.75, 3.05) is 12.4 Å². The minimum absolute atomic E-state index is 0.176. The number of urea groups is 1. The van der Waals surface area contributed by atoms with Crippen molar-refractivity contribution in [3.05, 3.63) is 59.9 Å². The summed E-state index contributed by atoms with van der Waals surface area (Å²) < 4.78 is 18.3. The highest BCUT2D eigenvalue weighted by Crippen LogP contribution is 2.31. The van der Waals surface area contributed by atoms with Crippen LogP contribution in [0, 0.1) is 5.82 Å². The van der Waals surface area contributed by atoms with Gasteiger partial charge in [0.25, 0.3) is 0 Å². The van der Waals surface area contributed by atoms with Gasteiger partial charge < -0.3 is 15.0 Å². The van der Waals surface area contributed by atoms with Crippen molar-refractivity contribution in [1.29, 1.82) is 0 Å². The normalized spacial score (nSPS) is 13.5. The summed E-state index contributed by atoms with van der Waals surface area (Å²) in [5.74, 6) is 0.448. The van der Waals surface area contributed by atoms with E-state index in [1.165, 1.54) is 12.1 Å². The molecule has 0 aliphatic heterocycles. The van der Waals surface area contributed by atoms with Crippen LogP contribution in [-0.2, 0) is 6.54 Å². The Kier molecular flexibility index (Phi) is 4.46. The van der Waals surface area contributed by atoms with Crippen LogP contribution >= 0.6 is 0 Å². The molecule has 1 saturated carbocycles. The van der Waals surface area contributed by atoms with Gasteiger partial charge in [0.1, 0.15) is 11.6 Å². The summed E-state index contributed by atoms with van der Waals surface area (Å²) in [6.45, 7) is 0.488. The van der Waals surface area contributed by atoms with Crippen molar-refractivity contribution >= 4 is 11.7 Å². The Balaban J connectivity index is 1.73. The summed E-state index contributed by atoms with van der Waals surface area (Å²) in [5, 5.41) is 2.83. The van der Waals surface area contributed by atoms with E-state index in [2.05, 4.69) is 5.32 Å². The molecule has 1 aliphatic rings. The first kappa shape index (κ1) is 15.3. The van der Waals surface area contributed by atoms with E-state index in [-0.39, 0.29) is 17.9 Å². The number of methoxy groups -OCH3 is 1. The number of nitrogens with zero attached hydrogens (tertiary/aromatic N) is 1. The molecule has 5 heteroatoms. The molecule has 0 radical (unpaired) electrons. The van der Waals surface area contributed by atoms with Gasteiger partial charge in [0.2, 0.25) is 0 Å². The van der Waals surface area contributed by atoms with Crippen LogP contribution in [0.5, 0.6) is 5.75 Å². The Bertz CT molecular complexity index is 684. The van der Waals surface area contributed by atoms with Crippen molar-refractivity contribution in [3.63, 3.8) is 0 Å². The van der Waals surface area contributed by atoms with Gasteiger partial charge in [-0.1, -0.05) is 18.2 Å². The van der Waals surface area contributed by atoms with Crippen LogP contribution < -0.4 is 10.1 Å². The van der Waals surface area contributed by atoms with Crippen molar-refractivity contribution in [2.24, 2.45) is 0 Å². The molecule has 0 heterocycles. The van der Waals surface area contributed by atoms with E-state index in [1.807, 2.05) is 24.3 Å². The van der Waals surface area contributed by atoms with Crippen molar-refractivity contribution in [3.8, 4) is 5.75 Å². The smallest absolute Gasteiger partial charge is 0.322 e. The number of rotatable bonds is 5. The highest BCUT2D eigenvalue weighted by molar-refractivity contribution is 5.89. The maximum absolute atomic E-state index is 13.0. The fourth-order valence-corrected chi connectivity index (χ4v) is 2.50. The lowest BCUT2D eigenvalue weighted by Crippen LogP contribution is -2.36. The van der Waals surface area contributed by atoms with Crippen LogP contribution in [0.2, 0.25) is 0 Å². The summed E-state index contributed by atoms with van der Waals surface area (Å²) in [6.07, 6.45) is 2.01. The van der Waals surface area contributed by atoms with Crippen molar-refractivity contribution in [2.45, 2.75) is 25.4 Å². The number of anilines is 1. The molecule has 23 heavy (non-hydrogen) atoms. The molecule has 1 fully saturated rings. The summed E-state index contributed by atoms with van der Waals surface area (Å²) in [5.41, 5.74) is 1.55. The maximum atomic E-state index is 13.0. The Hall–Kier alpha value is -2.56. The van der Waals surface area contributed by atoms with Crippen LogP contribution in [0.3, 0.4) is 0 Å². The number of para-hydroxylation sites is 1. The van der Waals surface area contributed by atoms with E-state index in [0.717, 1.165) is 24.2 Å². The summed E-state index contributed by atoms with van der Waals surface area (Å²) >= 11 is 0. The summed E-state index contributed by atoms with van der Waals surface area (Å²) in [4.78, 5) is 14.4. The quantitative estimate of drug-likeness (QED) is 0.905. The van der Waals surface area contributed by atoms with Crippen LogP contribution in [0.25, 0.3) is 0 Å². The zero-order valence-corrected chi connectivity index (χ0v) is 13.0. The molecule has 120 valence electrons. The number of ether oxygens (including phenoxy) is 1. The molecule has 3 rings (SSSR count). The van der Waals surface area contributed by atoms with Gasteiger partial charge in [0, 0.05) is 17.3 Å². The van der Waals surface area contributed by atoms with Gasteiger partial charge in [-0.3, -0.25) is 0 Å². The Labute approximate surface area is 134 Å². The zero-order valence-electron chi connectivity index (χ0n) is 13.0. The minimum atomic E-state index is -0.323. The molecule has 2 amide bonds. The fraction of sp³-hybridized carbons (Fsp3) is 0.278. The van der Waals surface area contributed by atoms with Gasteiger partial charge in [0.05, 0.1) is 13.7 Å². The molecular weight excluding hydrogens is 295 g/mol. The average Bonchev–Trinajstić information content (AvgIpc) is 3.39. The largest absolute Gasteiger partial charge is 0.496 e.